The Morgan fingerprint density at radius 1 is 0.939 bits per heavy atom. The number of urea groups is 1. The van der Waals surface area contributed by atoms with Gasteiger partial charge in [0.1, 0.15) is 5.75 Å². The van der Waals surface area contributed by atoms with Crippen LogP contribution in [0.25, 0.3) is 0 Å². The smallest absolute Gasteiger partial charge is 0.321 e. The number of aliphatic hydroxyl groups excluding tert-OH is 1. The average Bonchev–Trinajstić information content (AvgIpc) is 3.58. The van der Waals surface area contributed by atoms with Gasteiger partial charge in [-0.2, -0.15) is 0 Å². The quantitative estimate of drug-likeness (QED) is 0.329. The van der Waals surface area contributed by atoms with Crippen molar-refractivity contribution in [2.24, 2.45) is 11.8 Å². The molecule has 1 fully saturated rings. The van der Waals surface area contributed by atoms with E-state index in [1.54, 1.807) is 60.2 Å². The van der Waals surface area contributed by atoms with Crippen molar-refractivity contribution >= 4 is 29.2 Å². The molecule has 12 heteroatoms. The van der Waals surface area contributed by atoms with E-state index in [4.69, 9.17) is 18.9 Å². The van der Waals surface area contributed by atoms with E-state index in [2.05, 4.69) is 10.6 Å². The van der Waals surface area contributed by atoms with Crippen LogP contribution in [0, 0.1) is 11.8 Å². The van der Waals surface area contributed by atoms with Crippen LogP contribution in [0.1, 0.15) is 82.5 Å². The molecule has 0 radical (unpaired) electrons. The fourth-order valence-electron chi connectivity index (χ4n) is 6.62. The number of benzene rings is 2. The van der Waals surface area contributed by atoms with Crippen molar-refractivity contribution in [2.45, 2.75) is 90.4 Å². The molecular formula is C37H52N4O8. The van der Waals surface area contributed by atoms with Crippen LogP contribution >= 0.6 is 0 Å². The number of carbonyl (C=O) groups excluding carboxylic acids is 3. The summed E-state index contributed by atoms with van der Waals surface area (Å²) in [5.74, 6) is 1.08. The molecule has 5 rings (SSSR count). The van der Waals surface area contributed by atoms with E-state index in [1.807, 2.05) is 13.8 Å². The number of ether oxygens (including phenoxy) is 4. The summed E-state index contributed by atoms with van der Waals surface area (Å²) < 4.78 is 23.5. The molecule has 3 aliphatic rings. The molecule has 1 aliphatic carbocycles. The maximum absolute atomic E-state index is 14.4. The molecule has 4 amide bonds. The normalized spacial score (nSPS) is 22.7. The van der Waals surface area contributed by atoms with E-state index in [1.165, 1.54) is 0 Å². The van der Waals surface area contributed by atoms with Crippen LogP contribution in [-0.2, 0) is 9.53 Å². The number of hydrogen-bond acceptors (Lipinski definition) is 8. The molecule has 0 bridgehead atoms. The van der Waals surface area contributed by atoms with Crippen LogP contribution in [0.2, 0.25) is 0 Å². The van der Waals surface area contributed by atoms with Crippen LogP contribution in [0.15, 0.2) is 36.4 Å². The lowest BCUT2D eigenvalue weighted by molar-refractivity contribution is -0.120. The van der Waals surface area contributed by atoms with Crippen molar-refractivity contribution < 1.29 is 38.4 Å². The average molecular weight is 681 g/mol. The highest BCUT2D eigenvalue weighted by Gasteiger charge is 2.31. The summed E-state index contributed by atoms with van der Waals surface area (Å²) in [6.07, 6.45) is 6.84. The maximum Gasteiger partial charge on any atom is 0.321 e. The molecule has 2 aromatic carbocycles. The highest BCUT2D eigenvalue weighted by atomic mass is 16.7. The van der Waals surface area contributed by atoms with Gasteiger partial charge < -0.3 is 44.5 Å². The molecule has 0 spiro atoms. The van der Waals surface area contributed by atoms with Gasteiger partial charge in [-0.3, -0.25) is 9.59 Å². The largest absolute Gasteiger partial charge is 0.490 e. The molecule has 2 aromatic rings. The lowest BCUT2D eigenvalue weighted by Gasteiger charge is -2.35. The summed E-state index contributed by atoms with van der Waals surface area (Å²) in [6.45, 7) is 6.70. The third-order valence-corrected chi connectivity index (χ3v) is 9.72. The van der Waals surface area contributed by atoms with Crippen LogP contribution < -0.4 is 24.8 Å². The van der Waals surface area contributed by atoms with Gasteiger partial charge in [0, 0.05) is 56.0 Å². The predicted molar refractivity (Wildman–Crippen MR) is 186 cm³/mol. The monoisotopic (exact) mass is 680 g/mol. The standard InChI is InChI=1S/C37H52N4O8/c1-24-20-41(25(2)22-42)36(44)30-18-28(38-35(43)27-11-6-5-7-12-27)13-15-31(30)49-26(3)10-8-9-17-46-34(24)21-40(4)37(45)39-29-14-16-32-33(19-29)48-23-47-32/h13-16,18-19,24-27,34,42H,5-12,17,20-23H2,1-4H3,(H,38,43)(H,39,45)/t24-,25+,26-,34-/m1/s1. The first-order valence-electron chi connectivity index (χ1n) is 17.7. The third kappa shape index (κ3) is 9.57. The molecule has 0 saturated heterocycles. The minimum Gasteiger partial charge on any atom is -0.490 e. The van der Waals surface area contributed by atoms with E-state index >= 15 is 0 Å². The fourth-order valence-corrected chi connectivity index (χ4v) is 6.62. The van der Waals surface area contributed by atoms with Crippen LogP contribution in [0.3, 0.4) is 0 Å². The van der Waals surface area contributed by atoms with Gasteiger partial charge in [-0.1, -0.05) is 26.2 Å². The Bertz CT molecular complexity index is 1450. The number of hydrogen-bond donors (Lipinski definition) is 3. The lowest BCUT2D eigenvalue weighted by atomic mass is 9.88. The molecule has 0 unspecified atom stereocenters. The van der Waals surface area contributed by atoms with Gasteiger partial charge in [0.2, 0.25) is 12.7 Å². The number of fused-ring (bicyclic) bond motifs is 2. The number of likely N-dealkylation sites (N-methyl/N-ethyl adjacent to an activating group) is 1. The summed E-state index contributed by atoms with van der Waals surface area (Å²) in [4.78, 5) is 44.0. The van der Waals surface area contributed by atoms with E-state index in [-0.39, 0.29) is 62.3 Å². The zero-order valence-electron chi connectivity index (χ0n) is 29.2. The molecule has 0 aromatic heterocycles. The topological polar surface area (TPSA) is 139 Å². The number of aliphatic hydroxyl groups is 1. The van der Waals surface area contributed by atoms with Crippen LogP contribution in [0.5, 0.6) is 17.2 Å². The predicted octanol–water partition coefficient (Wildman–Crippen LogP) is 5.89. The van der Waals surface area contributed by atoms with E-state index in [0.29, 0.717) is 40.8 Å². The molecule has 12 nitrogen and oxygen atoms in total. The van der Waals surface area contributed by atoms with Gasteiger partial charge in [-0.25, -0.2) is 4.79 Å². The summed E-state index contributed by atoms with van der Waals surface area (Å²) >= 11 is 0. The van der Waals surface area contributed by atoms with Gasteiger partial charge >= 0.3 is 6.03 Å². The minimum absolute atomic E-state index is 0.0249. The molecule has 3 N–H and O–H groups in total. The summed E-state index contributed by atoms with van der Waals surface area (Å²) in [7, 11) is 1.71. The van der Waals surface area contributed by atoms with Crippen LogP contribution in [0.4, 0.5) is 16.2 Å². The Morgan fingerprint density at radius 2 is 1.63 bits per heavy atom. The van der Waals surface area contributed by atoms with Crippen LogP contribution in [-0.4, -0.2) is 91.1 Å². The molecule has 2 aliphatic heterocycles. The maximum atomic E-state index is 14.4. The molecule has 4 atom stereocenters. The highest BCUT2D eigenvalue weighted by Crippen LogP contribution is 2.34. The third-order valence-electron chi connectivity index (χ3n) is 9.72. The molecule has 49 heavy (non-hydrogen) atoms. The van der Waals surface area contributed by atoms with E-state index in [9.17, 15) is 19.5 Å². The summed E-state index contributed by atoms with van der Waals surface area (Å²) in [6, 6.07) is 9.66. The number of anilines is 2. The van der Waals surface area contributed by atoms with E-state index in [0.717, 1.165) is 51.4 Å². The fraction of sp³-hybridized carbons (Fsp3) is 0.595. The molecule has 268 valence electrons. The van der Waals surface area contributed by atoms with Crippen molar-refractivity contribution in [3.63, 3.8) is 0 Å². The van der Waals surface area contributed by atoms with Crippen molar-refractivity contribution in [1.82, 2.24) is 9.80 Å². The summed E-state index contributed by atoms with van der Waals surface area (Å²) in [5.41, 5.74) is 1.45. The Kier molecular flexibility index (Phi) is 12.6. The van der Waals surface area contributed by atoms with Crippen molar-refractivity contribution in [2.75, 3.05) is 50.8 Å². The van der Waals surface area contributed by atoms with Gasteiger partial charge in [0.15, 0.2) is 11.5 Å². The van der Waals surface area contributed by atoms with Gasteiger partial charge in [0.05, 0.1) is 30.4 Å². The zero-order chi connectivity index (χ0) is 34.9. The van der Waals surface area contributed by atoms with Crippen molar-refractivity contribution in [3.05, 3.63) is 42.0 Å². The second kappa shape index (κ2) is 17.1. The Labute approximate surface area is 289 Å². The van der Waals surface area contributed by atoms with Crippen molar-refractivity contribution in [3.8, 4) is 17.2 Å². The minimum atomic E-state index is -0.513. The zero-order valence-corrected chi connectivity index (χ0v) is 29.2. The molecule has 1 saturated carbocycles. The van der Waals surface area contributed by atoms with Gasteiger partial charge in [0.25, 0.3) is 5.91 Å². The first-order valence-corrected chi connectivity index (χ1v) is 17.7. The second-order valence-electron chi connectivity index (χ2n) is 13.7. The van der Waals surface area contributed by atoms with E-state index < -0.39 is 12.1 Å². The van der Waals surface area contributed by atoms with Gasteiger partial charge in [-0.15, -0.1) is 0 Å². The number of carbonyl (C=O) groups is 3. The summed E-state index contributed by atoms with van der Waals surface area (Å²) in [5, 5.41) is 16.2. The SMILES string of the molecule is C[C@@H]1CCCCO[C@H](CN(C)C(=O)Nc2ccc3c(c2)OCO3)[C@H](C)CN([C@@H](C)CO)C(=O)c2cc(NC(=O)C3CCCCC3)ccc2O1. The number of nitrogens with zero attached hydrogens (tertiary/aromatic N) is 2. The second-order valence-corrected chi connectivity index (χ2v) is 13.7. The van der Waals surface area contributed by atoms with Gasteiger partial charge in [-0.05, 0) is 76.3 Å². The Balaban J connectivity index is 1.35. The number of amides is 4. The molecular weight excluding hydrogens is 628 g/mol. The van der Waals surface area contributed by atoms with Crippen molar-refractivity contribution in [1.29, 1.82) is 0 Å². The lowest BCUT2D eigenvalue weighted by Crippen LogP contribution is -2.48. The number of rotatable bonds is 7. The Morgan fingerprint density at radius 3 is 2.39 bits per heavy atom. The number of nitrogens with one attached hydrogen (secondary N) is 2. The first kappa shape index (κ1) is 36.3. The first-order chi connectivity index (χ1) is 23.6. The molecule has 2 heterocycles. The Hall–Kier alpha value is -4.03. The highest BCUT2D eigenvalue weighted by molar-refractivity contribution is 6.00.